The highest BCUT2D eigenvalue weighted by Gasteiger charge is 2.61. The summed E-state index contributed by atoms with van der Waals surface area (Å²) in [5.74, 6) is -0.486. The van der Waals surface area contributed by atoms with E-state index in [2.05, 4.69) is 39.0 Å². The summed E-state index contributed by atoms with van der Waals surface area (Å²) in [7, 11) is 0. The Morgan fingerprint density at radius 3 is 2.62 bits per heavy atom. The third-order valence-corrected chi connectivity index (χ3v) is 3.89. The lowest BCUT2D eigenvalue weighted by Gasteiger charge is -2.22. The van der Waals surface area contributed by atoms with Crippen LogP contribution in [0.5, 0.6) is 0 Å². The molecular weight excluding hydrogens is 200 g/mol. The zero-order chi connectivity index (χ0) is 11.9. The molecule has 1 fully saturated rings. The van der Waals surface area contributed by atoms with Crippen molar-refractivity contribution in [2.45, 2.75) is 32.6 Å². The Hall–Kier alpha value is -1.31. The second-order valence-electron chi connectivity index (χ2n) is 5.16. The number of aryl methyl sites for hydroxylation is 1. The van der Waals surface area contributed by atoms with Gasteiger partial charge in [-0.1, -0.05) is 43.7 Å². The number of carboxylic acids is 1. The van der Waals surface area contributed by atoms with Gasteiger partial charge in [-0.2, -0.15) is 0 Å². The Balaban J connectivity index is 2.40. The van der Waals surface area contributed by atoms with Gasteiger partial charge in [-0.25, -0.2) is 0 Å². The van der Waals surface area contributed by atoms with Gasteiger partial charge in [0, 0.05) is 5.41 Å². The molecule has 1 aliphatic carbocycles. The second kappa shape index (κ2) is 3.62. The second-order valence-corrected chi connectivity index (χ2v) is 5.16. The van der Waals surface area contributed by atoms with Crippen molar-refractivity contribution in [2.24, 2.45) is 11.8 Å². The van der Waals surface area contributed by atoms with Crippen LogP contribution in [0.3, 0.4) is 0 Å². The number of rotatable bonds is 3. The first kappa shape index (κ1) is 11.2. The summed E-state index contributed by atoms with van der Waals surface area (Å²) in [6, 6.07) is 8.26. The monoisotopic (exact) mass is 218 g/mol. The Labute approximate surface area is 96.3 Å². The molecule has 16 heavy (non-hydrogen) atoms. The molecule has 86 valence electrons. The SMILES string of the molecule is Cc1cccc(C2(C(C)C)C[C@H]2C(=O)O)c1. The molecule has 1 saturated carbocycles. The van der Waals surface area contributed by atoms with Crippen molar-refractivity contribution >= 4 is 5.97 Å². The predicted molar refractivity (Wildman–Crippen MR) is 63.4 cm³/mol. The summed E-state index contributed by atoms with van der Waals surface area (Å²) in [5, 5.41) is 9.17. The lowest BCUT2D eigenvalue weighted by atomic mass is 9.82. The zero-order valence-electron chi connectivity index (χ0n) is 10.0. The minimum atomic E-state index is -0.657. The van der Waals surface area contributed by atoms with E-state index in [9.17, 15) is 4.79 Å². The molecule has 1 aromatic rings. The third-order valence-electron chi connectivity index (χ3n) is 3.89. The van der Waals surface area contributed by atoms with E-state index in [0.29, 0.717) is 5.92 Å². The maximum Gasteiger partial charge on any atom is 0.307 e. The highest BCUT2D eigenvalue weighted by Crippen LogP contribution is 2.59. The first-order chi connectivity index (χ1) is 7.48. The quantitative estimate of drug-likeness (QED) is 0.846. The summed E-state index contributed by atoms with van der Waals surface area (Å²) < 4.78 is 0. The summed E-state index contributed by atoms with van der Waals surface area (Å²) in [5.41, 5.74) is 2.26. The van der Waals surface area contributed by atoms with E-state index in [1.807, 2.05) is 6.07 Å². The molecular formula is C14H18O2. The van der Waals surface area contributed by atoms with E-state index >= 15 is 0 Å². The number of benzene rings is 1. The van der Waals surface area contributed by atoms with Gasteiger partial charge in [0.25, 0.3) is 0 Å². The van der Waals surface area contributed by atoms with Crippen molar-refractivity contribution in [3.05, 3.63) is 35.4 Å². The molecule has 2 rings (SSSR count). The maximum absolute atomic E-state index is 11.1. The minimum absolute atomic E-state index is 0.127. The molecule has 0 heterocycles. The van der Waals surface area contributed by atoms with Crippen LogP contribution in [0.25, 0.3) is 0 Å². The van der Waals surface area contributed by atoms with Crippen LogP contribution in [0, 0.1) is 18.8 Å². The van der Waals surface area contributed by atoms with Gasteiger partial charge < -0.3 is 5.11 Å². The molecule has 1 aliphatic rings. The molecule has 0 bridgehead atoms. The highest BCUT2D eigenvalue weighted by atomic mass is 16.4. The molecule has 1 aromatic carbocycles. The molecule has 0 aromatic heterocycles. The molecule has 2 heteroatoms. The van der Waals surface area contributed by atoms with E-state index in [0.717, 1.165) is 6.42 Å². The van der Waals surface area contributed by atoms with Crippen molar-refractivity contribution in [3.63, 3.8) is 0 Å². The Morgan fingerprint density at radius 1 is 1.50 bits per heavy atom. The van der Waals surface area contributed by atoms with Crippen LogP contribution < -0.4 is 0 Å². The van der Waals surface area contributed by atoms with Crippen molar-refractivity contribution < 1.29 is 9.90 Å². The predicted octanol–water partition coefficient (Wildman–Crippen LogP) is 2.99. The van der Waals surface area contributed by atoms with Gasteiger partial charge in [-0.15, -0.1) is 0 Å². The first-order valence-electron chi connectivity index (χ1n) is 5.78. The summed E-state index contributed by atoms with van der Waals surface area (Å²) in [6.45, 7) is 6.28. The topological polar surface area (TPSA) is 37.3 Å². The van der Waals surface area contributed by atoms with E-state index in [4.69, 9.17) is 5.11 Å². The van der Waals surface area contributed by atoms with E-state index in [1.54, 1.807) is 0 Å². The van der Waals surface area contributed by atoms with Crippen LogP contribution in [0.2, 0.25) is 0 Å². The fourth-order valence-corrected chi connectivity index (χ4v) is 2.81. The van der Waals surface area contributed by atoms with E-state index in [1.165, 1.54) is 11.1 Å². The first-order valence-corrected chi connectivity index (χ1v) is 5.78. The smallest absolute Gasteiger partial charge is 0.307 e. The zero-order valence-corrected chi connectivity index (χ0v) is 10.0. The summed E-state index contributed by atoms with van der Waals surface area (Å²) in [4.78, 5) is 11.1. The normalized spacial score (nSPS) is 28.1. The standard InChI is InChI=1S/C14H18O2/c1-9(2)14(8-12(14)13(15)16)11-6-4-5-10(3)7-11/h4-7,9,12H,8H2,1-3H3,(H,15,16)/t12-,14?/m0/s1. The van der Waals surface area contributed by atoms with Crippen LogP contribution in [0.15, 0.2) is 24.3 Å². The summed E-state index contributed by atoms with van der Waals surface area (Å²) >= 11 is 0. The molecule has 1 N–H and O–H groups in total. The maximum atomic E-state index is 11.1. The third kappa shape index (κ3) is 1.53. The Bertz CT molecular complexity index is 422. The lowest BCUT2D eigenvalue weighted by molar-refractivity contribution is -0.139. The van der Waals surface area contributed by atoms with Gasteiger partial charge in [0.2, 0.25) is 0 Å². The van der Waals surface area contributed by atoms with Crippen LogP contribution in [-0.4, -0.2) is 11.1 Å². The van der Waals surface area contributed by atoms with Gasteiger partial charge >= 0.3 is 5.97 Å². The average Bonchev–Trinajstić information content (AvgIpc) is 2.93. The molecule has 0 spiro atoms. The fourth-order valence-electron chi connectivity index (χ4n) is 2.81. The molecule has 2 nitrogen and oxygen atoms in total. The van der Waals surface area contributed by atoms with Gasteiger partial charge in [0.05, 0.1) is 5.92 Å². The van der Waals surface area contributed by atoms with E-state index in [-0.39, 0.29) is 11.3 Å². The number of hydrogen-bond acceptors (Lipinski definition) is 1. The molecule has 0 amide bonds. The number of aliphatic carboxylic acids is 1. The number of hydrogen-bond donors (Lipinski definition) is 1. The van der Waals surface area contributed by atoms with Gasteiger partial charge in [0.1, 0.15) is 0 Å². The molecule has 2 atom stereocenters. The molecule has 0 aliphatic heterocycles. The number of carboxylic acid groups (broad SMARTS) is 1. The van der Waals surface area contributed by atoms with Gasteiger partial charge in [0.15, 0.2) is 0 Å². The summed E-state index contributed by atoms with van der Waals surface area (Å²) in [6.07, 6.45) is 0.781. The van der Waals surface area contributed by atoms with Crippen LogP contribution in [0.4, 0.5) is 0 Å². The fraction of sp³-hybridized carbons (Fsp3) is 0.500. The van der Waals surface area contributed by atoms with Crippen LogP contribution >= 0.6 is 0 Å². The minimum Gasteiger partial charge on any atom is -0.481 e. The average molecular weight is 218 g/mol. The molecule has 0 radical (unpaired) electrons. The van der Waals surface area contributed by atoms with Crippen molar-refractivity contribution in [1.29, 1.82) is 0 Å². The van der Waals surface area contributed by atoms with Crippen LogP contribution in [-0.2, 0) is 10.2 Å². The Morgan fingerprint density at radius 2 is 2.19 bits per heavy atom. The van der Waals surface area contributed by atoms with Crippen LogP contribution in [0.1, 0.15) is 31.4 Å². The Kier molecular flexibility index (Phi) is 2.53. The molecule has 0 saturated heterocycles. The van der Waals surface area contributed by atoms with Gasteiger partial charge in [-0.05, 0) is 24.8 Å². The van der Waals surface area contributed by atoms with Crippen molar-refractivity contribution in [1.82, 2.24) is 0 Å². The highest BCUT2D eigenvalue weighted by molar-refractivity contribution is 5.77. The van der Waals surface area contributed by atoms with Crippen molar-refractivity contribution in [3.8, 4) is 0 Å². The van der Waals surface area contributed by atoms with Gasteiger partial charge in [-0.3, -0.25) is 4.79 Å². The number of carbonyl (C=O) groups is 1. The van der Waals surface area contributed by atoms with E-state index < -0.39 is 5.97 Å². The molecule has 1 unspecified atom stereocenters. The largest absolute Gasteiger partial charge is 0.481 e. The van der Waals surface area contributed by atoms with Crippen molar-refractivity contribution in [2.75, 3.05) is 0 Å². The lowest BCUT2D eigenvalue weighted by Crippen LogP contribution is -2.21.